The first-order valence-corrected chi connectivity index (χ1v) is 5.30. The Balaban J connectivity index is 2.39. The van der Waals surface area contributed by atoms with E-state index in [1.807, 2.05) is 60.7 Å². The lowest BCUT2D eigenvalue weighted by atomic mass is 10.2. The van der Waals surface area contributed by atoms with Crippen LogP contribution in [0.15, 0.2) is 65.8 Å². The highest BCUT2D eigenvalue weighted by Gasteiger charge is 2.05. The van der Waals surface area contributed by atoms with Gasteiger partial charge in [0.05, 0.1) is 17.6 Å². The molecule has 0 bridgehead atoms. The van der Waals surface area contributed by atoms with Gasteiger partial charge in [-0.2, -0.15) is 5.10 Å². The molecular weight excluding hydrogens is 212 g/mol. The number of rotatable bonds is 4. The Hall–Kier alpha value is -2.42. The predicted molar refractivity (Wildman–Crippen MR) is 69.6 cm³/mol. The first-order valence-electron chi connectivity index (χ1n) is 5.30. The van der Waals surface area contributed by atoms with Crippen LogP contribution in [0.3, 0.4) is 0 Å². The molecule has 84 valence electrons. The fourth-order valence-corrected chi connectivity index (χ4v) is 1.51. The summed E-state index contributed by atoms with van der Waals surface area (Å²) < 4.78 is 0. The topological polar surface area (TPSA) is 32.7 Å². The number of hydrazone groups is 1. The lowest BCUT2D eigenvalue weighted by molar-refractivity contribution is -0.102. The Bertz CT molecular complexity index is 455. The smallest absolute Gasteiger partial charge is 0.162 e. The number of aldehydes is 1. The van der Waals surface area contributed by atoms with E-state index < -0.39 is 0 Å². The normalized spacial score (nSPS) is 10.4. The number of carbonyl (C=O) groups is 1. The molecule has 2 aromatic carbocycles. The van der Waals surface area contributed by atoms with Crippen LogP contribution in [0.25, 0.3) is 0 Å². The summed E-state index contributed by atoms with van der Waals surface area (Å²) in [5.74, 6) is 0. The number of benzene rings is 2. The van der Waals surface area contributed by atoms with Gasteiger partial charge in [-0.25, -0.2) is 5.01 Å². The van der Waals surface area contributed by atoms with Crippen LogP contribution in [0.4, 0.5) is 11.4 Å². The second-order valence-corrected chi connectivity index (χ2v) is 3.38. The van der Waals surface area contributed by atoms with E-state index in [2.05, 4.69) is 5.10 Å². The van der Waals surface area contributed by atoms with E-state index in [-0.39, 0.29) is 0 Å². The summed E-state index contributed by atoms with van der Waals surface area (Å²) in [5.41, 5.74) is 1.83. The Morgan fingerprint density at radius 3 is 1.71 bits per heavy atom. The van der Waals surface area contributed by atoms with Crippen LogP contribution in [0.5, 0.6) is 0 Å². The molecule has 0 aliphatic carbocycles. The zero-order valence-corrected chi connectivity index (χ0v) is 9.23. The first kappa shape index (κ1) is 11.1. The molecule has 2 rings (SSSR count). The molecule has 0 aromatic heterocycles. The van der Waals surface area contributed by atoms with Crippen LogP contribution < -0.4 is 5.01 Å². The van der Waals surface area contributed by atoms with Gasteiger partial charge in [-0.15, -0.1) is 0 Å². The maximum absolute atomic E-state index is 10.4. The zero-order valence-electron chi connectivity index (χ0n) is 9.23. The van der Waals surface area contributed by atoms with Crippen molar-refractivity contribution in [2.75, 3.05) is 5.01 Å². The number of anilines is 2. The molecule has 17 heavy (non-hydrogen) atoms. The van der Waals surface area contributed by atoms with Crippen molar-refractivity contribution < 1.29 is 4.79 Å². The molecule has 0 atom stereocenters. The highest BCUT2D eigenvalue weighted by Crippen LogP contribution is 2.24. The van der Waals surface area contributed by atoms with Crippen molar-refractivity contribution in [1.29, 1.82) is 0 Å². The summed E-state index contributed by atoms with van der Waals surface area (Å²) in [6.45, 7) is 0. The quantitative estimate of drug-likeness (QED) is 0.454. The molecule has 3 heteroatoms. The Morgan fingerprint density at radius 2 is 1.29 bits per heavy atom. The Labute approximate surface area is 100 Å². The predicted octanol–water partition coefficient (Wildman–Crippen LogP) is 3.01. The van der Waals surface area contributed by atoms with Gasteiger partial charge in [0, 0.05) is 0 Å². The van der Waals surface area contributed by atoms with Crippen LogP contribution >= 0.6 is 0 Å². The summed E-state index contributed by atoms with van der Waals surface area (Å²) in [6.07, 6.45) is 1.90. The van der Waals surface area contributed by atoms with Gasteiger partial charge in [-0.3, -0.25) is 4.79 Å². The summed E-state index contributed by atoms with van der Waals surface area (Å²) in [6, 6.07) is 19.4. The molecule has 0 aliphatic heterocycles. The minimum Gasteiger partial charge on any atom is -0.297 e. The van der Waals surface area contributed by atoms with Crippen molar-refractivity contribution in [3.05, 3.63) is 60.7 Å². The molecular formula is C14H12N2O. The van der Waals surface area contributed by atoms with Gasteiger partial charge in [0.15, 0.2) is 6.29 Å². The SMILES string of the molecule is O=CC=NN(c1ccccc1)c1ccccc1. The average molecular weight is 224 g/mol. The van der Waals surface area contributed by atoms with Gasteiger partial charge in [0.1, 0.15) is 0 Å². The highest BCUT2D eigenvalue weighted by atomic mass is 16.1. The molecule has 0 fully saturated rings. The summed E-state index contributed by atoms with van der Waals surface area (Å²) in [7, 11) is 0. The van der Waals surface area contributed by atoms with Crippen LogP contribution in [0, 0.1) is 0 Å². The third-order valence-corrected chi connectivity index (χ3v) is 2.24. The lowest BCUT2D eigenvalue weighted by Gasteiger charge is -2.18. The molecule has 0 saturated heterocycles. The zero-order chi connectivity index (χ0) is 11.9. The molecule has 0 saturated carbocycles. The molecule has 0 heterocycles. The third kappa shape index (κ3) is 2.78. The molecule has 2 aromatic rings. The monoisotopic (exact) mass is 224 g/mol. The van der Waals surface area contributed by atoms with E-state index in [4.69, 9.17) is 0 Å². The average Bonchev–Trinajstić information content (AvgIpc) is 2.42. The fraction of sp³-hybridized carbons (Fsp3) is 0. The third-order valence-electron chi connectivity index (χ3n) is 2.24. The van der Waals surface area contributed by atoms with Gasteiger partial charge < -0.3 is 0 Å². The standard InChI is InChI=1S/C14H12N2O/c17-12-11-15-16(13-7-3-1-4-8-13)14-9-5-2-6-10-14/h1-12H. The largest absolute Gasteiger partial charge is 0.297 e. The number of hydrogen-bond donors (Lipinski definition) is 0. The second-order valence-electron chi connectivity index (χ2n) is 3.38. The van der Waals surface area contributed by atoms with Crippen LogP contribution in [0.2, 0.25) is 0 Å². The first-order chi connectivity index (χ1) is 8.42. The van der Waals surface area contributed by atoms with Crippen molar-refractivity contribution in [2.24, 2.45) is 5.10 Å². The van der Waals surface area contributed by atoms with Gasteiger partial charge in [-0.05, 0) is 24.3 Å². The van der Waals surface area contributed by atoms with Gasteiger partial charge >= 0.3 is 0 Å². The molecule has 0 N–H and O–H groups in total. The highest BCUT2D eigenvalue weighted by molar-refractivity contribution is 6.13. The van der Waals surface area contributed by atoms with E-state index in [0.717, 1.165) is 11.4 Å². The minimum atomic E-state index is 0.666. The molecule has 0 amide bonds. The maximum Gasteiger partial charge on any atom is 0.162 e. The molecule has 0 radical (unpaired) electrons. The van der Waals surface area contributed by atoms with Crippen LogP contribution in [-0.2, 0) is 4.79 Å². The number of hydrogen-bond acceptors (Lipinski definition) is 3. The van der Waals surface area contributed by atoms with Crippen LogP contribution in [-0.4, -0.2) is 12.5 Å². The van der Waals surface area contributed by atoms with E-state index in [1.54, 1.807) is 5.01 Å². The maximum atomic E-state index is 10.4. The van der Waals surface area contributed by atoms with E-state index >= 15 is 0 Å². The molecule has 0 unspecified atom stereocenters. The van der Waals surface area contributed by atoms with E-state index in [0.29, 0.717) is 6.29 Å². The Morgan fingerprint density at radius 1 is 0.824 bits per heavy atom. The summed E-state index contributed by atoms with van der Waals surface area (Å²) >= 11 is 0. The van der Waals surface area contributed by atoms with Crippen LogP contribution in [0.1, 0.15) is 0 Å². The van der Waals surface area contributed by atoms with Crippen molar-refractivity contribution >= 4 is 23.9 Å². The molecule has 0 aliphatic rings. The lowest BCUT2D eigenvalue weighted by Crippen LogP contribution is -2.08. The van der Waals surface area contributed by atoms with Crippen molar-refractivity contribution in [1.82, 2.24) is 0 Å². The summed E-state index contributed by atoms with van der Waals surface area (Å²) in [5, 5.41) is 5.84. The number of para-hydroxylation sites is 2. The van der Waals surface area contributed by atoms with Gasteiger partial charge in [0.25, 0.3) is 0 Å². The Kier molecular flexibility index (Phi) is 3.65. The number of carbonyl (C=O) groups excluding carboxylic acids is 1. The summed E-state index contributed by atoms with van der Waals surface area (Å²) in [4.78, 5) is 10.4. The van der Waals surface area contributed by atoms with Crippen molar-refractivity contribution in [3.8, 4) is 0 Å². The van der Waals surface area contributed by atoms with E-state index in [1.165, 1.54) is 6.21 Å². The van der Waals surface area contributed by atoms with E-state index in [9.17, 15) is 4.79 Å². The van der Waals surface area contributed by atoms with Gasteiger partial charge in [-0.1, -0.05) is 36.4 Å². The van der Waals surface area contributed by atoms with Crippen molar-refractivity contribution in [3.63, 3.8) is 0 Å². The number of nitrogens with zero attached hydrogens (tertiary/aromatic N) is 2. The van der Waals surface area contributed by atoms with Crippen molar-refractivity contribution in [2.45, 2.75) is 0 Å². The molecule has 3 nitrogen and oxygen atoms in total. The fourth-order valence-electron chi connectivity index (χ4n) is 1.51. The minimum absolute atomic E-state index is 0.666. The second kappa shape index (κ2) is 5.61. The molecule has 0 spiro atoms. The van der Waals surface area contributed by atoms with Gasteiger partial charge in [0.2, 0.25) is 0 Å².